The van der Waals surface area contributed by atoms with Crippen molar-refractivity contribution in [2.45, 2.75) is 13.3 Å². The molecule has 1 aromatic carbocycles. The van der Waals surface area contributed by atoms with E-state index in [1.165, 1.54) is 0 Å². The number of aliphatic carboxylic acids is 1. The number of benzene rings is 1. The Labute approximate surface area is 105 Å². The van der Waals surface area contributed by atoms with Crippen molar-refractivity contribution in [3.63, 3.8) is 0 Å². The summed E-state index contributed by atoms with van der Waals surface area (Å²) in [6.07, 6.45) is 1.73. The van der Waals surface area contributed by atoms with E-state index >= 15 is 0 Å². The molecular formula is C14H13NO3. The van der Waals surface area contributed by atoms with Gasteiger partial charge in [-0.2, -0.15) is 0 Å². The highest BCUT2D eigenvalue weighted by Gasteiger charge is 2.03. The van der Waals surface area contributed by atoms with Gasteiger partial charge in [0.2, 0.25) is 0 Å². The molecule has 92 valence electrons. The Morgan fingerprint density at radius 1 is 1.28 bits per heavy atom. The first kappa shape index (κ1) is 12.1. The van der Waals surface area contributed by atoms with Crippen LogP contribution in [0.1, 0.15) is 11.3 Å². The van der Waals surface area contributed by atoms with Gasteiger partial charge in [-0.1, -0.05) is 12.1 Å². The van der Waals surface area contributed by atoms with E-state index in [2.05, 4.69) is 4.98 Å². The molecule has 2 aromatic rings. The van der Waals surface area contributed by atoms with Crippen molar-refractivity contribution in [1.82, 2.24) is 4.98 Å². The zero-order valence-electron chi connectivity index (χ0n) is 9.96. The fraction of sp³-hybridized carbons (Fsp3) is 0.143. The molecule has 0 bridgehead atoms. The lowest BCUT2D eigenvalue weighted by atomic mass is 10.1. The molecule has 0 aliphatic heterocycles. The highest BCUT2D eigenvalue weighted by atomic mass is 16.5. The van der Waals surface area contributed by atoms with Crippen LogP contribution >= 0.6 is 0 Å². The number of pyridine rings is 1. The first-order valence-corrected chi connectivity index (χ1v) is 5.55. The minimum atomic E-state index is -0.841. The average Bonchev–Trinajstić information content (AvgIpc) is 2.34. The molecule has 0 aliphatic rings. The minimum absolute atomic E-state index is 0.0200. The third-order valence-electron chi connectivity index (χ3n) is 2.46. The number of carboxylic acid groups (broad SMARTS) is 1. The van der Waals surface area contributed by atoms with Crippen LogP contribution in [-0.4, -0.2) is 16.1 Å². The van der Waals surface area contributed by atoms with E-state index in [9.17, 15) is 4.79 Å². The van der Waals surface area contributed by atoms with Crippen LogP contribution in [0.4, 0.5) is 0 Å². The fourth-order valence-electron chi connectivity index (χ4n) is 1.55. The lowest BCUT2D eigenvalue weighted by molar-refractivity contribution is -0.136. The van der Waals surface area contributed by atoms with Crippen LogP contribution in [-0.2, 0) is 11.2 Å². The van der Waals surface area contributed by atoms with Gasteiger partial charge in [-0.15, -0.1) is 0 Å². The topological polar surface area (TPSA) is 59.4 Å². The first-order valence-electron chi connectivity index (χ1n) is 5.55. The number of rotatable bonds is 4. The van der Waals surface area contributed by atoms with Crippen molar-refractivity contribution in [2.75, 3.05) is 0 Å². The van der Waals surface area contributed by atoms with Crippen molar-refractivity contribution in [2.24, 2.45) is 0 Å². The summed E-state index contributed by atoms with van der Waals surface area (Å²) >= 11 is 0. The zero-order chi connectivity index (χ0) is 13.0. The molecule has 0 saturated carbocycles. The summed E-state index contributed by atoms with van der Waals surface area (Å²) in [6, 6.07) is 10.6. The SMILES string of the molecule is Cc1ncccc1Oc1ccc(CC(=O)O)cc1. The lowest BCUT2D eigenvalue weighted by Crippen LogP contribution is -1.99. The van der Waals surface area contributed by atoms with Crippen LogP contribution < -0.4 is 4.74 Å². The van der Waals surface area contributed by atoms with Crippen LogP contribution in [0.5, 0.6) is 11.5 Å². The summed E-state index contributed by atoms with van der Waals surface area (Å²) in [5, 5.41) is 8.67. The minimum Gasteiger partial charge on any atom is -0.481 e. The van der Waals surface area contributed by atoms with Gasteiger partial charge < -0.3 is 9.84 Å². The quantitative estimate of drug-likeness (QED) is 0.897. The second-order valence-electron chi connectivity index (χ2n) is 3.90. The number of aromatic nitrogens is 1. The predicted molar refractivity (Wildman–Crippen MR) is 66.8 cm³/mol. The van der Waals surface area contributed by atoms with Gasteiger partial charge in [0.05, 0.1) is 12.1 Å². The molecule has 0 spiro atoms. The van der Waals surface area contributed by atoms with Gasteiger partial charge in [0.25, 0.3) is 0 Å². The molecule has 0 fully saturated rings. The van der Waals surface area contributed by atoms with E-state index in [0.717, 1.165) is 11.3 Å². The third kappa shape index (κ3) is 3.07. The predicted octanol–water partition coefficient (Wildman–Crippen LogP) is 2.81. The fourth-order valence-corrected chi connectivity index (χ4v) is 1.55. The van der Waals surface area contributed by atoms with Gasteiger partial charge in [-0.3, -0.25) is 9.78 Å². The highest BCUT2D eigenvalue weighted by Crippen LogP contribution is 2.23. The molecule has 1 aromatic heterocycles. The van der Waals surface area contributed by atoms with Crippen molar-refractivity contribution < 1.29 is 14.6 Å². The normalized spacial score (nSPS) is 10.1. The molecule has 18 heavy (non-hydrogen) atoms. The van der Waals surface area contributed by atoms with Crippen molar-refractivity contribution >= 4 is 5.97 Å². The van der Waals surface area contributed by atoms with Crippen LogP contribution in [0.3, 0.4) is 0 Å². The number of aryl methyl sites for hydroxylation is 1. The summed E-state index contributed by atoms with van der Waals surface area (Å²) < 4.78 is 5.66. The smallest absolute Gasteiger partial charge is 0.307 e. The van der Waals surface area contributed by atoms with E-state index in [-0.39, 0.29) is 6.42 Å². The molecular weight excluding hydrogens is 230 g/mol. The molecule has 1 N–H and O–H groups in total. The van der Waals surface area contributed by atoms with Crippen LogP contribution in [0, 0.1) is 6.92 Å². The van der Waals surface area contributed by atoms with Crippen LogP contribution in [0.2, 0.25) is 0 Å². The van der Waals surface area contributed by atoms with E-state index in [1.807, 2.05) is 13.0 Å². The zero-order valence-corrected chi connectivity index (χ0v) is 9.96. The maximum absolute atomic E-state index is 10.5. The van der Waals surface area contributed by atoms with Gasteiger partial charge in [0.1, 0.15) is 11.5 Å². The first-order chi connectivity index (χ1) is 8.65. The molecule has 0 unspecified atom stereocenters. The standard InChI is InChI=1S/C14H13NO3/c1-10-13(3-2-8-15-10)18-12-6-4-11(5-7-12)9-14(16)17/h2-8H,9H2,1H3,(H,16,17). The molecule has 0 saturated heterocycles. The summed E-state index contributed by atoms with van der Waals surface area (Å²) in [7, 11) is 0. The van der Waals surface area contributed by atoms with Crippen molar-refractivity contribution in [3.8, 4) is 11.5 Å². The van der Waals surface area contributed by atoms with Gasteiger partial charge in [-0.25, -0.2) is 0 Å². The Morgan fingerprint density at radius 2 is 2.00 bits per heavy atom. The lowest BCUT2D eigenvalue weighted by Gasteiger charge is -2.07. The number of hydrogen-bond donors (Lipinski definition) is 1. The highest BCUT2D eigenvalue weighted by molar-refractivity contribution is 5.70. The van der Waals surface area contributed by atoms with Crippen molar-refractivity contribution in [1.29, 1.82) is 0 Å². The van der Waals surface area contributed by atoms with Gasteiger partial charge >= 0.3 is 5.97 Å². The Balaban J connectivity index is 2.11. The number of ether oxygens (including phenoxy) is 1. The number of carboxylic acids is 1. The molecule has 2 rings (SSSR count). The molecule has 0 atom stereocenters. The molecule has 0 aliphatic carbocycles. The van der Waals surface area contributed by atoms with Gasteiger partial charge in [0, 0.05) is 6.20 Å². The Kier molecular flexibility index (Phi) is 3.57. The Bertz CT molecular complexity index is 549. The second-order valence-corrected chi connectivity index (χ2v) is 3.90. The number of hydrogen-bond acceptors (Lipinski definition) is 3. The van der Waals surface area contributed by atoms with Gasteiger partial charge in [0.15, 0.2) is 0 Å². The average molecular weight is 243 g/mol. The van der Waals surface area contributed by atoms with Gasteiger partial charge in [-0.05, 0) is 36.8 Å². The molecule has 0 amide bonds. The largest absolute Gasteiger partial charge is 0.481 e. The van der Waals surface area contributed by atoms with E-state index in [1.54, 1.807) is 36.5 Å². The molecule has 4 nitrogen and oxygen atoms in total. The molecule has 4 heteroatoms. The third-order valence-corrected chi connectivity index (χ3v) is 2.46. The summed E-state index contributed by atoms with van der Waals surface area (Å²) in [5.41, 5.74) is 1.56. The second kappa shape index (κ2) is 5.31. The monoisotopic (exact) mass is 243 g/mol. The Hall–Kier alpha value is -2.36. The summed E-state index contributed by atoms with van der Waals surface area (Å²) in [5.74, 6) is 0.524. The summed E-state index contributed by atoms with van der Waals surface area (Å²) in [4.78, 5) is 14.7. The maximum Gasteiger partial charge on any atom is 0.307 e. The molecule has 0 radical (unpaired) electrons. The van der Waals surface area contributed by atoms with E-state index in [0.29, 0.717) is 11.5 Å². The summed E-state index contributed by atoms with van der Waals surface area (Å²) in [6.45, 7) is 1.87. The van der Waals surface area contributed by atoms with E-state index in [4.69, 9.17) is 9.84 Å². The van der Waals surface area contributed by atoms with E-state index < -0.39 is 5.97 Å². The Morgan fingerprint density at radius 3 is 2.61 bits per heavy atom. The van der Waals surface area contributed by atoms with Crippen LogP contribution in [0.15, 0.2) is 42.6 Å². The van der Waals surface area contributed by atoms with Crippen LogP contribution in [0.25, 0.3) is 0 Å². The van der Waals surface area contributed by atoms with Crippen molar-refractivity contribution in [3.05, 3.63) is 53.9 Å². The number of nitrogens with zero attached hydrogens (tertiary/aromatic N) is 1. The molecule has 1 heterocycles. The maximum atomic E-state index is 10.5. The number of carbonyl (C=O) groups is 1.